The second-order valence-electron chi connectivity index (χ2n) is 8.16. The fraction of sp³-hybridized carbons (Fsp3) is 0.636. The molecule has 0 spiro atoms. The average Bonchev–Trinajstić information content (AvgIpc) is 3.00. The molecular formula is C22H31NO3. The molecule has 142 valence electrons. The summed E-state index contributed by atoms with van der Waals surface area (Å²) in [5, 5.41) is 10.1. The van der Waals surface area contributed by atoms with Crippen molar-refractivity contribution in [2.75, 3.05) is 20.7 Å². The zero-order valence-electron chi connectivity index (χ0n) is 16.0. The Kier molecular flexibility index (Phi) is 4.87. The standard InChI is InChI=1S/C22H31NO3/c1-23-13-12-22(11-10-17(24)15-21(22)23)16-8-9-19(25-2)20(14-16)26-18-6-4-3-5-7-18/h8-9,14-15,17-18,24H,3-7,10-13H2,1-2H3/t17-,22-/m0/s1. The number of nitrogens with zero attached hydrogens (tertiary/aromatic N) is 1. The molecule has 4 rings (SSSR count). The summed E-state index contributed by atoms with van der Waals surface area (Å²) >= 11 is 0. The quantitative estimate of drug-likeness (QED) is 0.884. The van der Waals surface area contributed by atoms with E-state index in [2.05, 4.69) is 36.2 Å². The summed E-state index contributed by atoms with van der Waals surface area (Å²) in [5.74, 6) is 1.70. The summed E-state index contributed by atoms with van der Waals surface area (Å²) in [7, 11) is 3.85. The molecule has 0 bridgehead atoms. The zero-order valence-corrected chi connectivity index (χ0v) is 16.0. The molecule has 2 fully saturated rings. The Labute approximate surface area is 156 Å². The molecule has 0 amide bonds. The molecule has 1 N–H and O–H groups in total. The Morgan fingerprint density at radius 1 is 1.08 bits per heavy atom. The summed E-state index contributed by atoms with van der Waals surface area (Å²) < 4.78 is 12.0. The highest BCUT2D eigenvalue weighted by Crippen LogP contribution is 2.50. The highest BCUT2D eigenvalue weighted by atomic mass is 16.5. The minimum atomic E-state index is -0.324. The van der Waals surface area contributed by atoms with Crippen molar-refractivity contribution in [2.45, 2.75) is 69.0 Å². The number of ether oxygens (including phenoxy) is 2. The van der Waals surface area contributed by atoms with E-state index >= 15 is 0 Å². The molecule has 4 nitrogen and oxygen atoms in total. The fourth-order valence-electron chi connectivity index (χ4n) is 5.04. The van der Waals surface area contributed by atoms with Crippen LogP contribution in [-0.4, -0.2) is 42.9 Å². The first-order valence-electron chi connectivity index (χ1n) is 10.1. The topological polar surface area (TPSA) is 41.9 Å². The molecule has 1 heterocycles. The lowest BCUT2D eigenvalue weighted by molar-refractivity contribution is 0.149. The predicted octanol–water partition coefficient (Wildman–Crippen LogP) is 4.02. The first kappa shape index (κ1) is 17.7. The van der Waals surface area contributed by atoms with Crippen LogP contribution in [-0.2, 0) is 5.41 Å². The molecule has 3 aliphatic rings. The molecule has 0 unspecified atom stereocenters. The molecule has 26 heavy (non-hydrogen) atoms. The minimum absolute atomic E-state index is 0.00489. The Balaban J connectivity index is 1.68. The highest BCUT2D eigenvalue weighted by Gasteiger charge is 2.45. The van der Waals surface area contributed by atoms with Crippen LogP contribution in [0.3, 0.4) is 0 Å². The maximum absolute atomic E-state index is 10.1. The van der Waals surface area contributed by atoms with Crippen molar-refractivity contribution in [1.82, 2.24) is 4.90 Å². The second-order valence-corrected chi connectivity index (χ2v) is 8.16. The normalized spacial score (nSPS) is 29.3. The van der Waals surface area contributed by atoms with Gasteiger partial charge in [0.25, 0.3) is 0 Å². The van der Waals surface area contributed by atoms with Crippen LogP contribution in [0.5, 0.6) is 11.5 Å². The average molecular weight is 357 g/mol. The number of rotatable bonds is 4. The molecule has 1 aromatic carbocycles. The molecule has 1 saturated carbocycles. The van der Waals surface area contributed by atoms with E-state index in [1.165, 1.54) is 30.5 Å². The van der Waals surface area contributed by atoms with Crippen molar-refractivity contribution in [3.05, 3.63) is 35.5 Å². The molecule has 2 atom stereocenters. The molecule has 0 aromatic heterocycles. The number of allylic oxidation sites excluding steroid dienone is 1. The second kappa shape index (κ2) is 7.15. The summed E-state index contributed by atoms with van der Waals surface area (Å²) in [4.78, 5) is 2.30. The summed E-state index contributed by atoms with van der Waals surface area (Å²) in [5.41, 5.74) is 2.57. The van der Waals surface area contributed by atoms with E-state index in [0.29, 0.717) is 6.10 Å². The van der Waals surface area contributed by atoms with Gasteiger partial charge in [0, 0.05) is 24.7 Å². The third kappa shape index (κ3) is 3.09. The molecule has 4 heteroatoms. The molecule has 1 saturated heterocycles. The number of methoxy groups -OCH3 is 1. The van der Waals surface area contributed by atoms with Gasteiger partial charge in [0.1, 0.15) is 0 Å². The van der Waals surface area contributed by atoms with Gasteiger partial charge in [0.15, 0.2) is 11.5 Å². The lowest BCUT2D eigenvalue weighted by Gasteiger charge is -2.37. The largest absolute Gasteiger partial charge is 0.493 e. The lowest BCUT2D eigenvalue weighted by atomic mass is 9.70. The van der Waals surface area contributed by atoms with Crippen LogP contribution >= 0.6 is 0 Å². The molecule has 0 radical (unpaired) electrons. The Bertz CT molecular complexity index is 680. The van der Waals surface area contributed by atoms with Crippen molar-refractivity contribution in [3.8, 4) is 11.5 Å². The van der Waals surface area contributed by atoms with Crippen LogP contribution in [0.15, 0.2) is 30.0 Å². The van der Waals surface area contributed by atoms with Crippen molar-refractivity contribution >= 4 is 0 Å². The zero-order chi connectivity index (χ0) is 18.1. The predicted molar refractivity (Wildman–Crippen MR) is 103 cm³/mol. The molecular weight excluding hydrogens is 326 g/mol. The SMILES string of the molecule is COc1ccc([C@@]23CC[C@H](O)C=C2N(C)CC3)cc1OC1CCCCC1. The Morgan fingerprint density at radius 3 is 2.65 bits per heavy atom. The third-order valence-corrected chi connectivity index (χ3v) is 6.55. The van der Waals surface area contributed by atoms with Gasteiger partial charge in [0.05, 0.1) is 19.3 Å². The number of likely N-dealkylation sites (tertiary alicyclic amines) is 1. The molecule has 1 aliphatic heterocycles. The van der Waals surface area contributed by atoms with E-state index in [4.69, 9.17) is 9.47 Å². The van der Waals surface area contributed by atoms with Gasteiger partial charge in [-0.15, -0.1) is 0 Å². The van der Waals surface area contributed by atoms with Gasteiger partial charge in [-0.1, -0.05) is 12.5 Å². The van der Waals surface area contributed by atoms with Crippen molar-refractivity contribution in [2.24, 2.45) is 0 Å². The minimum Gasteiger partial charge on any atom is -0.493 e. The number of hydrogen-bond donors (Lipinski definition) is 1. The number of hydrogen-bond acceptors (Lipinski definition) is 4. The van der Waals surface area contributed by atoms with Crippen LogP contribution in [0.25, 0.3) is 0 Å². The van der Waals surface area contributed by atoms with Crippen LogP contribution < -0.4 is 9.47 Å². The Morgan fingerprint density at radius 2 is 1.88 bits per heavy atom. The number of fused-ring (bicyclic) bond motifs is 1. The monoisotopic (exact) mass is 357 g/mol. The lowest BCUT2D eigenvalue weighted by Crippen LogP contribution is -2.33. The van der Waals surface area contributed by atoms with E-state index < -0.39 is 0 Å². The highest BCUT2D eigenvalue weighted by molar-refractivity contribution is 5.49. The smallest absolute Gasteiger partial charge is 0.161 e. The number of aliphatic hydroxyl groups is 1. The van der Waals surface area contributed by atoms with E-state index in [1.54, 1.807) is 7.11 Å². The van der Waals surface area contributed by atoms with Gasteiger partial charge >= 0.3 is 0 Å². The van der Waals surface area contributed by atoms with Crippen molar-refractivity contribution in [3.63, 3.8) is 0 Å². The van der Waals surface area contributed by atoms with Crippen LogP contribution in [0.1, 0.15) is 56.9 Å². The fourth-order valence-corrected chi connectivity index (χ4v) is 5.04. The van der Waals surface area contributed by atoms with Gasteiger partial charge in [-0.05, 0) is 68.7 Å². The van der Waals surface area contributed by atoms with Crippen LogP contribution in [0.2, 0.25) is 0 Å². The van der Waals surface area contributed by atoms with Crippen LogP contribution in [0.4, 0.5) is 0 Å². The number of aliphatic hydroxyl groups excluding tert-OH is 1. The first-order valence-corrected chi connectivity index (χ1v) is 10.1. The van der Waals surface area contributed by atoms with Crippen molar-refractivity contribution < 1.29 is 14.6 Å². The third-order valence-electron chi connectivity index (χ3n) is 6.55. The van der Waals surface area contributed by atoms with Gasteiger partial charge in [-0.3, -0.25) is 0 Å². The number of likely N-dealkylation sites (N-methyl/N-ethyl adjacent to an activating group) is 1. The first-order chi connectivity index (χ1) is 12.6. The van der Waals surface area contributed by atoms with Gasteiger partial charge < -0.3 is 19.5 Å². The van der Waals surface area contributed by atoms with Crippen LogP contribution in [0, 0.1) is 0 Å². The maximum Gasteiger partial charge on any atom is 0.161 e. The summed E-state index contributed by atoms with van der Waals surface area (Å²) in [6.07, 6.45) is 11.1. The van der Waals surface area contributed by atoms with E-state index in [9.17, 15) is 5.11 Å². The van der Waals surface area contributed by atoms with Gasteiger partial charge in [-0.25, -0.2) is 0 Å². The van der Waals surface area contributed by atoms with Gasteiger partial charge in [0.2, 0.25) is 0 Å². The van der Waals surface area contributed by atoms with E-state index in [0.717, 1.165) is 50.1 Å². The molecule has 2 aliphatic carbocycles. The maximum atomic E-state index is 10.1. The molecule has 1 aromatic rings. The van der Waals surface area contributed by atoms with E-state index in [1.807, 2.05) is 0 Å². The summed E-state index contributed by atoms with van der Waals surface area (Å²) in [6.45, 7) is 1.03. The number of benzene rings is 1. The summed E-state index contributed by atoms with van der Waals surface area (Å²) in [6, 6.07) is 6.46. The van der Waals surface area contributed by atoms with Crippen molar-refractivity contribution in [1.29, 1.82) is 0 Å². The van der Waals surface area contributed by atoms with Gasteiger partial charge in [-0.2, -0.15) is 0 Å². The Hall–Kier alpha value is -1.68. The van der Waals surface area contributed by atoms with E-state index in [-0.39, 0.29) is 11.5 Å².